The smallest absolute Gasteiger partial charge is 0.141 e. The van der Waals surface area contributed by atoms with Crippen LogP contribution in [-0.4, -0.2) is 4.98 Å². The van der Waals surface area contributed by atoms with Crippen molar-refractivity contribution in [2.24, 2.45) is 5.84 Å². The van der Waals surface area contributed by atoms with Crippen LogP contribution in [0.4, 0.5) is 8.78 Å². The molecule has 1 heterocycles. The van der Waals surface area contributed by atoms with E-state index in [0.717, 1.165) is 11.8 Å². The number of pyridine rings is 1. The Morgan fingerprint density at radius 1 is 1.22 bits per heavy atom. The van der Waals surface area contributed by atoms with Crippen LogP contribution in [0.15, 0.2) is 36.7 Å². The second kappa shape index (κ2) is 5.20. The van der Waals surface area contributed by atoms with Crippen molar-refractivity contribution in [3.05, 3.63) is 65.0 Å². The van der Waals surface area contributed by atoms with Gasteiger partial charge in [-0.1, -0.05) is 12.1 Å². The minimum absolute atomic E-state index is 0.357. The molecule has 5 heteroatoms. The molecule has 0 saturated heterocycles. The van der Waals surface area contributed by atoms with Gasteiger partial charge in [0.05, 0.1) is 12.2 Å². The zero-order chi connectivity index (χ0) is 13.1. The van der Waals surface area contributed by atoms with Crippen molar-refractivity contribution in [2.75, 3.05) is 0 Å². The van der Waals surface area contributed by atoms with Gasteiger partial charge in [-0.15, -0.1) is 0 Å². The average Bonchev–Trinajstić information content (AvgIpc) is 2.33. The summed E-state index contributed by atoms with van der Waals surface area (Å²) in [6.07, 6.45) is 2.54. The maximum Gasteiger partial charge on any atom is 0.141 e. The molecule has 0 aliphatic rings. The van der Waals surface area contributed by atoms with Crippen LogP contribution < -0.4 is 11.3 Å². The number of hydrazine groups is 1. The van der Waals surface area contributed by atoms with E-state index in [1.165, 1.54) is 18.3 Å². The summed E-state index contributed by atoms with van der Waals surface area (Å²) in [6.45, 7) is 1.79. The van der Waals surface area contributed by atoms with Crippen LogP contribution in [0, 0.1) is 18.6 Å². The van der Waals surface area contributed by atoms with Crippen molar-refractivity contribution in [2.45, 2.75) is 13.0 Å². The van der Waals surface area contributed by atoms with Gasteiger partial charge in [-0.2, -0.15) is 0 Å². The zero-order valence-electron chi connectivity index (χ0n) is 9.82. The number of nitrogens with one attached hydrogen (secondary N) is 1. The van der Waals surface area contributed by atoms with Crippen LogP contribution in [0.25, 0.3) is 0 Å². The van der Waals surface area contributed by atoms with Crippen LogP contribution >= 0.6 is 0 Å². The maximum absolute atomic E-state index is 13.9. The van der Waals surface area contributed by atoms with E-state index in [1.807, 2.05) is 0 Å². The molecule has 3 nitrogen and oxygen atoms in total. The number of halogens is 2. The Bertz CT molecular complexity index is 558. The van der Waals surface area contributed by atoms with Crippen molar-refractivity contribution >= 4 is 0 Å². The van der Waals surface area contributed by atoms with Gasteiger partial charge in [0, 0.05) is 11.8 Å². The lowest BCUT2D eigenvalue weighted by Gasteiger charge is -2.17. The number of rotatable bonds is 3. The quantitative estimate of drug-likeness (QED) is 0.647. The molecule has 3 N–H and O–H groups in total. The highest BCUT2D eigenvalue weighted by Crippen LogP contribution is 2.24. The molecule has 0 amide bonds. The first-order chi connectivity index (χ1) is 8.61. The molecule has 0 aliphatic heterocycles. The van der Waals surface area contributed by atoms with Crippen molar-refractivity contribution in [1.29, 1.82) is 0 Å². The second-order valence-corrected chi connectivity index (χ2v) is 4.06. The fourth-order valence-electron chi connectivity index (χ4n) is 1.82. The summed E-state index contributed by atoms with van der Waals surface area (Å²) in [4.78, 5) is 3.73. The fraction of sp³-hybridized carbons (Fsp3) is 0.154. The van der Waals surface area contributed by atoms with Gasteiger partial charge in [-0.05, 0) is 30.2 Å². The molecule has 18 heavy (non-hydrogen) atoms. The molecule has 2 rings (SSSR count). The first-order valence-corrected chi connectivity index (χ1v) is 5.44. The van der Waals surface area contributed by atoms with Gasteiger partial charge in [0.2, 0.25) is 0 Å². The molecular formula is C13H13F2N3. The Hall–Kier alpha value is -1.85. The van der Waals surface area contributed by atoms with Crippen molar-refractivity contribution in [3.8, 4) is 0 Å². The summed E-state index contributed by atoms with van der Waals surface area (Å²) in [5.74, 6) is 4.55. The largest absolute Gasteiger partial charge is 0.271 e. The van der Waals surface area contributed by atoms with Crippen molar-refractivity contribution in [3.63, 3.8) is 0 Å². The molecule has 94 valence electrons. The van der Waals surface area contributed by atoms with E-state index in [1.54, 1.807) is 19.1 Å². The van der Waals surface area contributed by atoms with Crippen LogP contribution in [0.2, 0.25) is 0 Å². The summed E-state index contributed by atoms with van der Waals surface area (Å²) in [7, 11) is 0. The molecule has 0 bridgehead atoms. The van der Waals surface area contributed by atoms with Gasteiger partial charge in [0.15, 0.2) is 0 Å². The predicted molar refractivity (Wildman–Crippen MR) is 64.5 cm³/mol. The van der Waals surface area contributed by atoms with Crippen LogP contribution in [-0.2, 0) is 0 Å². The van der Waals surface area contributed by atoms with E-state index in [2.05, 4.69) is 10.4 Å². The Labute approximate surface area is 104 Å². The highest BCUT2D eigenvalue weighted by molar-refractivity contribution is 5.33. The summed E-state index contributed by atoms with van der Waals surface area (Å²) < 4.78 is 27.0. The molecule has 0 radical (unpaired) electrons. The summed E-state index contributed by atoms with van der Waals surface area (Å²) in [5.41, 5.74) is 4.11. The van der Waals surface area contributed by atoms with Gasteiger partial charge < -0.3 is 0 Å². The lowest BCUT2D eigenvalue weighted by atomic mass is 9.99. The van der Waals surface area contributed by atoms with Crippen LogP contribution in [0.5, 0.6) is 0 Å². The zero-order valence-corrected chi connectivity index (χ0v) is 9.82. The van der Waals surface area contributed by atoms with E-state index in [9.17, 15) is 8.78 Å². The van der Waals surface area contributed by atoms with E-state index >= 15 is 0 Å². The number of hydrogen-bond donors (Lipinski definition) is 2. The van der Waals surface area contributed by atoms with E-state index in [0.29, 0.717) is 11.1 Å². The number of nitrogens with two attached hydrogens (primary N) is 1. The first-order valence-electron chi connectivity index (χ1n) is 5.44. The summed E-state index contributed by atoms with van der Waals surface area (Å²) >= 11 is 0. The lowest BCUT2D eigenvalue weighted by molar-refractivity contribution is 0.553. The molecule has 0 saturated carbocycles. The fourth-order valence-corrected chi connectivity index (χ4v) is 1.82. The van der Waals surface area contributed by atoms with Gasteiger partial charge >= 0.3 is 0 Å². The molecule has 1 aromatic carbocycles. The molecule has 1 atom stereocenters. The molecule has 1 unspecified atom stereocenters. The number of hydrogen-bond acceptors (Lipinski definition) is 3. The van der Waals surface area contributed by atoms with Crippen molar-refractivity contribution in [1.82, 2.24) is 10.4 Å². The molecule has 1 aromatic heterocycles. The third-order valence-corrected chi connectivity index (χ3v) is 2.69. The van der Waals surface area contributed by atoms with E-state index < -0.39 is 11.9 Å². The van der Waals surface area contributed by atoms with Crippen LogP contribution in [0.3, 0.4) is 0 Å². The Kier molecular flexibility index (Phi) is 3.64. The summed E-state index contributed by atoms with van der Waals surface area (Å²) in [5, 5.41) is 0. The Balaban J connectivity index is 2.45. The topological polar surface area (TPSA) is 50.9 Å². The number of aryl methyl sites for hydroxylation is 1. The third kappa shape index (κ3) is 2.52. The normalized spacial score (nSPS) is 12.4. The van der Waals surface area contributed by atoms with E-state index in [4.69, 9.17) is 5.84 Å². The number of nitrogens with zero attached hydrogens (tertiary/aromatic N) is 1. The first kappa shape index (κ1) is 12.6. The molecule has 0 aliphatic carbocycles. The highest BCUT2D eigenvalue weighted by atomic mass is 19.1. The number of benzene rings is 1. The highest BCUT2D eigenvalue weighted by Gasteiger charge is 2.17. The standard InChI is InChI=1S/C13H13F2N3/c1-8-2-3-11(12(15)4-8)13(18-16)9-5-10(14)7-17-6-9/h2-7,13,18H,16H2,1H3. The third-order valence-electron chi connectivity index (χ3n) is 2.69. The van der Waals surface area contributed by atoms with Gasteiger partial charge in [0.1, 0.15) is 11.6 Å². The minimum atomic E-state index is -0.631. The number of aromatic nitrogens is 1. The van der Waals surface area contributed by atoms with Gasteiger partial charge in [0.25, 0.3) is 0 Å². The van der Waals surface area contributed by atoms with E-state index in [-0.39, 0.29) is 5.82 Å². The molecule has 0 spiro atoms. The average molecular weight is 249 g/mol. The van der Waals surface area contributed by atoms with Gasteiger partial charge in [-0.3, -0.25) is 10.8 Å². The molecule has 0 fully saturated rings. The monoisotopic (exact) mass is 249 g/mol. The SMILES string of the molecule is Cc1ccc(C(NN)c2cncc(F)c2)c(F)c1. The molecular weight excluding hydrogens is 236 g/mol. The maximum atomic E-state index is 13.9. The predicted octanol–water partition coefficient (Wildman–Crippen LogP) is 2.22. The van der Waals surface area contributed by atoms with Crippen LogP contribution in [0.1, 0.15) is 22.7 Å². The summed E-state index contributed by atoms with van der Waals surface area (Å²) in [6, 6.07) is 5.45. The van der Waals surface area contributed by atoms with Gasteiger partial charge in [-0.25, -0.2) is 14.2 Å². The minimum Gasteiger partial charge on any atom is -0.271 e. The van der Waals surface area contributed by atoms with Crippen molar-refractivity contribution < 1.29 is 8.78 Å². The lowest BCUT2D eigenvalue weighted by Crippen LogP contribution is -2.29. The second-order valence-electron chi connectivity index (χ2n) is 4.06. The Morgan fingerprint density at radius 3 is 2.61 bits per heavy atom. The Morgan fingerprint density at radius 2 is 2.00 bits per heavy atom. The molecule has 2 aromatic rings.